The van der Waals surface area contributed by atoms with Crippen LogP contribution in [0.2, 0.25) is 0 Å². The third kappa shape index (κ3) is 0.888. The SMILES string of the molecule is CSN1CCN=C1N. The van der Waals surface area contributed by atoms with Crippen LogP contribution in [0.5, 0.6) is 0 Å². The number of nitrogens with two attached hydrogens (primary N) is 1. The average Bonchev–Trinajstić information content (AvgIpc) is 2.14. The lowest BCUT2D eigenvalue weighted by Gasteiger charge is -2.10. The first-order chi connectivity index (χ1) is 3.84. The highest BCUT2D eigenvalue weighted by Crippen LogP contribution is 2.07. The first-order valence-corrected chi connectivity index (χ1v) is 3.64. The van der Waals surface area contributed by atoms with Gasteiger partial charge in [-0.1, -0.05) is 11.9 Å². The minimum Gasteiger partial charge on any atom is -0.369 e. The van der Waals surface area contributed by atoms with Gasteiger partial charge in [-0.3, -0.25) is 9.30 Å². The van der Waals surface area contributed by atoms with Crippen molar-refractivity contribution < 1.29 is 0 Å². The summed E-state index contributed by atoms with van der Waals surface area (Å²) < 4.78 is 1.97. The summed E-state index contributed by atoms with van der Waals surface area (Å²) in [4.78, 5) is 3.99. The number of guanidine groups is 1. The molecule has 0 aromatic heterocycles. The predicted octanol–water partition coefficient (Wildman–Crippen LogP) is -0.105. The van der Waals surface area contributed by atoms with Crippen LogP contribution in [0.1, 0.15) is 0 Å². The second-order valence-corrected chi connectivity index (χ2v) is 2.33. The zero-order valence-corrected chi connectivity index (χ0v) is 5.61. The van der Waals surface area contributed by atoms with Gasteiger partial charge in [0.05, 0.1) is 13.1 Å². The first-order valence-electron chi connectivity index (χ1n) is 2.46. The Bertz CT molecular complexity index is 112. The Hall–Kier alpha value is -0.380. The van der Waals surface area contributed by atoms with Crippen molar-refractivity contribution in [1.82, 2.24) is 4.31 Å². The lowest BCUT2D eigenvalue weighted by atomic mass is 10.7. The van der Waals surface area contributed by atoms with E-state index in [0.29, 0.717) is 5.96 Å². The van der Waals surface area contributed by atoms with E-state index in [-0.39, 0.29) is 0 Å². The third-order valence-corrected chi connectivity index (χ3v) is 1.86. The van der Waals surface area contributed by atoms with E-state index in [4.69, 9.17) is 5.73 Å². The molecule has 0 aliphatic carbocycles. The molecule has 0 fully saturated rings. The molecule has 3 nitrogen and oxygen atoms in total. The molecule has 8 heavy (non-hydrogen) atoms. The fourth-order valence-corrected chi connectivity index (χ4v) is 1.14. The van der Waals surface area contributed by atoms with E-state index in [1.54, 1.807) is 11.9 Å². The molecule has 0 aromatic carbocycles. The predicted molar refractivity (Wildman–Crippen MR) is 36.7 cm³/mol. The van der Waals surface area contributed by atoms with Crippen molar-refractivity contribution in [1.29, 1.82) is 0 Å². The molecule has 1 aliphatic rings. The van der Waals surface area contributed by atoms with Gasteiger partial charge in [-0.15, -0.1) is 0 Å². The molecule has 0 bridgehead atoms. The number of rotatable bonds is 1. The Morgan fingerprint density at radius 1 is 1.88 bits per heavy atom. The smallest absolute Gasteiger partial charge is 0.201 e. The molecule has 0 saturated heterocycles. The standard InChI is InChI=1S/C4H9N3S/c1-8-7-3-2-6-4(7)5/h2-3H2,1H3,(H2,5,6). The molecule has 1 aliphatic heterocycles. The van der Waals surface area contributed by atoms with Crippen molar-refractivity contribution in [2.75, 3.05) is 19.3 Å². The molecule has 46 valence electrons. The van der Waals surface area contributed by atoms with E-state index in [0.717, 1.165) is 13.1 Å². The molecule has 1 heterocycles. The van der Waals surface area contributed by atoms with Gasteiger partial charge in [0.2, 0.25) is 5.96 Å². The summed E-state index contributed by atoms with van der Waals surface area (Å²) in [5.41, 5.74) is 5.44. The van der Waals surface area contributed by atoms with Crippen LogP contribution in [-0.4, -0.2) is 29.6 Å². The van der Waals surface area contributed by atoms with Gasteiger partial charge >= 0.3 is 0 Å². The summed E-state index contributed by atoms with van der Waals surface area (Å²) in [5, 5.41) is 0. The molecule has 0 saturated carbocycles. The van der Waals surface area contributed by atoms with Gasteiger partial charge in [0.25, 0.3) is 0 Å². The van der Waals surface area contributed by atoms with E-state index in [2.05, 4.69) is 4.99 Å². The molecule has 0 unspecified atom stereocenters. The fourth-order valence-electron chi connectivity index (χ4n) is 0.634. The van der Waals surface area contributed by atoms with Gasteiger partial charge in [0.1, 0.15) is 0 Å². The van der Waals surface area contributed by atoms with Gasteiger partial charge in [0, 0.05) is 6.26 Å². The van der Waals surface area contributed by atoms with Crippen molar-refractivity contribution >= 4 is 17.9 Å². The van der Waals surface area contributed by atoms with Crippen LogP contribution in [0.4, 0.5) is 0 Å². The monoisotopic (exact) mass is 131 g/mol. The highest BCUT2D eigenvalue weighted by Gasteiger charge is 2.10. The highest BCUT2D eigenvalue weighted by atomic mass is 32.2. The molecule has 0 radical (unpaired) electrons. The first kappa shape index (κ1) is 5.75. The lowest BCUT2D eigenvalue weighted by Crippen LogP contribution is -2.27. The Labute approximate surface area is 53.1 Å². The summed E-state index contributed by atoms with van der Waals surface area (Å²) in [7, 11) is 0. The molecule has 2 N–H and O–H groups in total. The molecule has 0 amide bonds. The Morgan fingerprint density at radius 3 is 2.88 bits per heavy atom. The minimum atomic E-state index is 0.664. The average molecular weight is 131 g/mol. The lowest BCUT2D eigenvalue weighted by molar-refractivity contribution is 0.733. The van der Waals surface area contributed by atoms with E-state index in [1.165, 1.54) is 0 Å². The number of hydrogen-bond acceptors (Lipinski definition) is 4. The summed E-state index contributed by atoms with van der Waals surface area (Å²) in [5.74, 6) is 0.664. The zero-order valence-electron chi connectivity index (χ0n) is 4.79. The second kappa shape index (κ2) is 2.26. The zero-order chi connectivity index (χ0) is 5.98. The van der Waals surface area contributed by atoms with E-state index in [1.807, 2.05) is 10.6 Å². The Morgan fingerprint density at radius 2 is 2.62 bits per heavy atom. The van der Waals surface area contributed by atoms with Crippen molar-refractivity contribution in [3.8, 4) is 0 Å². The Kier molecular flexibility index (Phi) is 1.62. The number of aliphatic imine (C=N–C) groups is 1. The number of nitrogens with zero attached hydrogens (tertiary/aromatic N) is 2. The topological polar surface area (TPSA) is 41.6 Å². The Balaban J connectivity index is 2.46. The maximum absolute atomic E-state index is 5.44. The van der Waals surface area contributed by atoms with Crippen LogP contribution in [0.3, 0.4) is 0 Å². The summed E-state index contributed by atoms with van der Waals surface area (Å²) >= 11 is 1.62. The van der Waals surface area contributed by atoms with E-state index < -0.39 is 0 Å². The van der Waals surface area contributed by atoms with Crippen LogP contribution in [0.15, 0.2) is 4.99 Å². The maximum atomic E-state index is 5.44. The summed E-state index contributed by atoms with van der Waals surface area (Å²) in [6, 6.07) is 0. The van der Waals surface area contributed by atoms with Crippen LogP contribution in [0, 0.1) is 0 Å². The van der Waals surface area contributed by atoms with E-state index in [9.17, 15) is 0 Å². The van der Waals surface area contributed by atoms with Crippen LogP contribution < -0.4 is 5.73 Å². The van der Waals surface area contributed by atoms with Gasteiger partial charge in [-0.05, 0) is 0 Å². The van der Waals surface area contributed by atoms with Crippen LogP contribution >= 0.6 is 11.9 Å². The molecule has 0 aromatic rings. The molecular formula is C4H9N3S. The minimum absolute atomic E-state index is 0.664. The van der Waals surface area contributed by atoms with Crippen molar-refractivity contribution in [3.05, 3.63) is 0 Å². The molecule has 1 rings (SSSR count). The molecular weight excluding hydrogens is 122 g/mol. The van der Waals surface area contributed by atoms with Crippen LogP contribution in [0.25, 0.3) is 0 Å². The molecule has 0 atom stereocenters. The summed E-state index contributed by atoms with van der Waals surface area (Å²) in [6.07, 6.45) is 1.99. The van der Waals surface area contributed by atoms with Gasteiger partial charge in [-0.25, -0.2) is 0 Å². The maximum Gasteiger partial charge on any atom is 0.201 e. The van der Waals surface area contributed by atoms with Crippen molar-refractivity contribution in [2.24, 2.45) is 10.7 Å². The van der Waals surface area contributed by atoms with Gasteiger partial charge < -0.3 is 5.73 Å². The van der Waals surface area contributed by atoms with E-state index >= 15 is 0 Å². The van der Waals surface area contributed by atoms with Gasteiger partial charge in [-0.2, -0.15) is 0 Å². The number of hydrogen-bond donors (Lipinski definition) is 1. The van der Waals surface area contributed by atoms with Crippen molar-refractivity contribution in [3.63, 3.8) is 0 Å². The normalized spacial score (nSPS) is 19.1. The quantitative estimate of drug-likeness (QED) is 0.505. The van der Waals surface area contributed by atoms with Crippen LogP contribution in [-0.2, 0) is 0 Å². The highest BCUT2D eigenvalue weighted by molar-refractivity contribution is 7.96. The van der Waals surface area contributed by atoms with Crippen molar-refractivity contribution in [2.45, 2.75) is 0 Å². The summed E-state index contributed by atoms with van der Waals surface area (Å²) in [6.45, 7) is 1.82. The van der Waals surface area contributed by atoms with Gasteiger partial charge in [0.15, 0.2) is 0 Å². The fraction of sp³-hybridized carbons (Fsp3) is 0.750. The second-order valence-electron chi connectivity index (χ2n) is 1.52. The molecule has 0 spiro atoms. The largest absolute Gasteiger partial charge is 0.369 e. The molecule has 4 heteroatoms. The third-order valence-electron chi connectivity index (χ3n) is 1.05.